The lowest BCUT2D eigenvalue weighted by Crippen LogP contribution is -2.43. The van der Waals surface area contributed by atoms with Crippen molar-refractivity contribution in [2.45, 2.75) is 25.2 Å². The molecule has 2 nitrogen and oxygen atoms in total. The van der Waals surface area contributed by atoms with Crippen LogP contribution in [0.25, 0.3) is 0 Å². The van der Waals surface area contributed by atoms with Crippen LogP contribution in [0.1, 0.15) is 25.3 Å². The fourth-order valence-electron chi connectivity index (χ4n) is 2.59. The van der Waals surface area contributed by atoms with Crippen molar-refractivity contribution in [1.82, 2.24) is 5.32 Å². The van der Waals surface area contributed by atoms with Gasteiger partial charge in [0.1, 0.15) is 11.6 Å². The second kappa shape index (κ2) is 5.76. The number of hydrogen-bond donors (Lipinski definition) is 1. The lowest BCUT2D eigenvalue weighted by molar-refractivity contribution is 0.0488. The third kappa shape index (κ3) is 2.70. The molecule has 0 radical (unpaired) electrons. The van der Waals surface area contributed by atoms with Gasteiger partial charge in [-0.15, -0.1) is 0 Å². The molecule has 18 heavy (non-hydrogen) atoms. The molecule has 0 atom stereocenters. The van der Waals surface area contributed by atoms with E-state index in [4.69, 9.17) is 4.74 Å². The molecule has 0 saturated carbocycles. The van der Waals surface area contributed by atoms with Crippen LogP contribution >= 0.6 is 0 Å². The minimum absolute atomic E-state index is 0.272. The first kappa shape index (κ1) is 13.4. The Labute approximate surface area is 106 Å². The van der Waals surface area contributed by atoms with E-state index in [0.29, 0.717) is 25.3 Å². The Balaban J connectivity index is 2.32. The number of ether oxygens (including phenoxy) is 1. The maximum atomic E-state index is 14.0. The summed E-state index contributed by atoms with van der Waals surface area (Å²) in [6, 6.07) is 3.88. The highest BCUT2D eigenvalue weighted by Crippen LogP contribution is 2.36. The molecule has 0 aliphatic carbocycles. The van der Waals surface area contributed by atoms with Crippen molar-refractivity contribution in [1.29, 1.82) is 0 Å². The van der Waals surface area contributed by atoms with Gasteiger partial charge in [0.15, 0.2) is 0 Å². The Morgan fingerprint density at radius 2 is 2.00 bits per heavy atom. The third-order valence-electron chi connectivity index (χ3n) is 3.67. The first-order chi connectivity index (χ1) is 8.68. The predicted molar refractivity (Wildman–Crippen MR) is 66.6 cm³/mol. The molecule has 2 rings (SSSR count). The van der Waals surface area contributed by atoms with Crippen LogP contribution in [0.4, 0.5) is 8.78 Å². The molecular formula is C14H19F2NO. The summed E-state index contributed by atoms with van der Waals surface area (Å²) in [4.78, 5) is 0. The summed E-state index contributed by atoms with van der Waals surface area (Å²) < 4.78 is 32.4. The largest absolute Gasteiger partial charge is 0.381 e. The molecule has 0 bridgehead atoms. The van der Waals surface area contributed by atoms with Gasteiger partial charge in [-0.3, -0.25) is 0 Å². The van der Waals surface area contributed by atoms with Crippen LogP contribution in [0.2, 0.25) is 0 Å². The van der Waals surface area contributed by atoms with E-state index < -0.39 is 11.6 Å². The van der Waals surface area contributed by atoms with Gasteiger partial charge in [0.25, 0.3) is 0 Å². The molecule has 0 amide bonds. The second-order valence-electron chi connectivity index (χ2n) is 4.80. The van der Waals surface area contributed by atoms with Crippen LogP contribution < -0.4 is 5.32 Å². The number of likely N-dealkylation sites (N-methyl/N-ethyl adjacent to an activating group) is 1. The lowest BCUT2D eigenvalue weighted by atomic mass is 9.74. The van der Waals surface area contributed by atoms with E-state index in [-0.39, 0.29) is 5.41 Å². The van der Waals surface area contributed by atoms with E-state index in [1.54, 1.807) is 6.07 Å². The number of benzene rings is 1. The number of rotatable bonds is 4. The Hall–Kier alpha value is -1.00. The molecule has 1 N–H and O–H groups in total. The van der Waals surface area contributed by atoms with Gasteiger partial charge < -0.3 is 10.1 Å². The van der Waals surface area contributed by atoms with Gasteiger partial charge in [0.2, 0.25) is 0 Å². The smallest absolute Gasteiger partial charge is 0.129 e. The maximum Gasteiger partial charge on any atom is 0.129 e. The summed E-state index contributed by atoms with van der Waals surface area (Å²) in [5.74, 6) is -0.975. The SMILES string of the molecule is CCNCC1(c2ccc(F)cc2F)CCOCC1. The fourth-order valence-corrected chi connectivity index (χ4v) is 2.59. The van der Waals surface area contributed by atoms with E-state index >= 15 is 0 Å². The van der Waals surface area contributed by atoms with Crippen molar-refractivity contribution in [2.24, 2.45) is 0 Å². The quantitative estimate of drug-likeness (QED) is 0.893. The van der Waals surface area contributed by atoms with E-state index in [1.807, 2.05) is 6.92 Å². The average molecular weight is 255 g/mol. The standard InChI is InChI=1S/C14H19F2NO/c1-2-17-10-14(5-7-18-8-6-14)12-4-3-11(15)9-13(12)16/h3-4,9,17H,2,5-8,10H2,1H3. The molecule has 1 heterocycles. The van der Waals surface area contributed by atoms with Crippen molar-refractivity contribution in [3.8, 4) is 0 Å². The molecule has 1 fully saturated rings. The van der Waals surface area contributed by atoms with Crippen LogP contribution in [-0.4, -0.2) is 26.3 Å². The molecule has 1 aliphatic rings. The summed E-state index contributed by atoms with van der Waals surface area (Å²) in [6.45, 7) is 4.82. The fraction of sp³-hybridized carbons (Fsp3) is 0.571. The highest BCUT2D eigenvalue weighted by atomic mass is 19.1. The van der Waals surface area contributed by atoms with Gasteiger partial charge in [-0.25, -0.2) is 8.78 Å². The number of hydrogen-bond acceptors (Lipinski definition) is 2. The zero-order valence-corrected chi connectivity index (χ0v) is 10.6. The van der Waals surface area contributed by atoms with Crippen molar-refractivity contribution in [3.63, 3.8) is 0 Å². The number of nitrogens with one attached hydrogen (secondary N) is 1. The summed E-state index contributed by atoms with van der Waals surface area (Å²) >= 11 is 0. The Morgan fingerprint density at radius 1 is 1.28 bits per heavy atom. The van der Waals surface area contributed by atoms with Crippen LogP contribution in [0.5, 0.6) is 0 Å². The van der Waals surface area contributed by atoms with Gasteiger partial charge in [0, 0.05) is 31.2 Å². The molecule has 4 heteroatoms. The molecule has 1 aliphatic heterocycles. The normalized spacial score (nSPS) is 18.8. The highest BCUT2D eigenvalue weighted by molar-refractivity contribution is 5.29. The van der Waals surface area contributed by atoms with Gasteiger partial charge >= 0.3 is 0 Å². The average Bonchev–Trinajstić information content (AvgIpc) is 2.37. The minimum Gasteiger partial charge on any atom is -0.381 e. The minimum atomic E-state index is -0.526. The molecule has 1 aromatic carbocycles. The maximum absolute atomic E-state index is 14.0. The van der Waals surface area contributed by atoms with Gasteiger partial charge in [0.05, 0.1) is 0 Å². The van der Waals surface area contributed by atoms with E-state index in [2.05, 4.69) is 5.32 Å². The Kier molecular flexibility index (Phi) is 4.30. The second-order valence-corrected chi connectivity index (χ2v) is 4.80. The third-order valence-corrected chi connectivity index (χ3v) is 3.67. The summed E-state index contributed by atoms with van der Waals surface area (Å²) in [7, 11) is 0. The Bertz CT molecular complexity index is 403. The van der Waals surface area contributed by atoms with Gasteiger partial charge in [-0.2, -0.15) is 0 Å². The van der Waals surface area contributed by atoms with E-state index in [1.165, 1.54) is 6.07 Å². The zero-order chi connectivity index (χ0) is 13.0. The van der Waals surface area contributed by atoms with Gasteiger partial charge in [-0.1, -0.05) is 13.0 Å². The van der Waals surface area contributed by atoms with Crippen LogP contribution in [0, 0.1) is 11.6 Å². The van der Waals surface area contributed by atoms with E-state index in [0.717, 1.165) is 25.5 Å². The van der Waals surface area contributed by atoms with Gasteiger partial charge in [-0.05, 0) is 31.0 Å². The summed E-state index contributed by atoms with van der Waals surface area (Å²) in [5.41, 5.74) is 0.333. The first-order valence-corrected chi connectivity index (χ1v) is 6.42. The molecular weight excluding hydrogens is 236 g/mol. The van der Waals surface area contributed by atoms with Crippen LogP contribution in [-0.2, 0) is 10.2 Å². The highest BCUT2D eigenvalue weighted by Gasteiger charge is 2.36. The molecule has 0 aromatic heterocycles. The van der Waals surface area contributed by atoms with E-state index in [9.17, 15) is 8.78 Å². The first-order valence-electron chi connectivity index (χ1n) is 6.42. The van der Waals surface area contributed by atoms with Crippen LogP contribution in [0.3, 0.4) is 0 Å². The number of halogens is 2. The molecule has 1 saturated heterocycles. The molecule has 1 aromatic rings. The van der Waals surface area contributed by atoms with Crippen molar-refractivity contribution in [2.75, 3.05) is 26.3 Å². The zero-order valence-electron chi connectivity index (χ0n) is 10.6. The molecule has 100 valence electrons. The summed E-state index contributed by atoms with van der Waals surface area (Å²) in [5, 5.41) is 3.28. The van der Waals surface area contributed by atoms with Crippen LogP contribution in [0.15, 0.2) is 18.2 Å². The lowest BCUT2D eigenvalue weighted by Gasteiger charge is -2.38. The van der Waals surface area contributed by atoms with Crippen molar-refractivity contribution >= 4 is 0 Å². The topological polar surface area (TPSA) is 21.3 Å². The molecule has 0 spiro atoms. The molecule has 0 unspecified atom stereocenters. The monoisotopic (exact) mass is 255 g/mol. The Morgan fingerprint density at radius 3 is 2.61 bits per heavy atom. The van der Waals surface area contributed by atoms with Crippen molar-refractivity contribution in [3.05, 3.63) is 35.4 Å². The van der Waals surface area contributed by atoms with Crippen molar-refractivity contribution < 1.29 is 13.5 Å². The predicted octanol–water partition coefficient (Wildman–Crippen LogP) is 2.62. The summed E-state index contributed by atoms with van der Waals surface area (Å²) in [6.07, 6.45) is 1.53.